The number of anilines is 1. The molecule has 24 heavy (non-hydrogen) atoms. The van der Waals surface area contributed by atoms with Crippen LogP contribution in [0.2, 0.25) is 0 Å². The minimum atomic E-state index is -0.176. The minimum absolute atomic E-state index is 0.176. The number of fused-ring (bicyclic) bond motifs is 1. The van der Waals surface area contributed by atoms with Crippen LogP contribution >= 0.6 is 0 Å². The van der Waals surface area contributed by atoms with Gasteiger partial charge in [0.25, 0.3) is 0 Å². The number of aromatic nitrogens is 2. The van der Waals surface area contributed by atoms with Gasteiger partial charge in [-0.2, -0.15) is 0 Å². The number of nitrogens with one attached hydrogen (secondary N) is 3. The molecule has 0 radical (unpaired) electrons. The second-order valence-corrected chi connectivity index (χ2v) is 5.80. The number of carbonyl (C=O) groups is 1. The van der Waals surface area contributed by atoms with Crippen LogP contribution in [0.4, 0.5) is 10.5 Å². The van der Waals surface area contributed by atoms with E-state index in [9.17, 15) is 4.79 Å². The van der Waals surface area contributed by atoms with Gasteiger partial charge in [0.2, 0.25) is 0 Å². The normalized spacial score (nSPS) is 11.0. The number of imidazole rings is 1. The van der Waals surface area contributed by atoms with Crippen molar-refractivity contribution in [3.8, 4) is 11.4 Å². The fraction of sp³-hybridized carbons (Fsp3) is 0.263. The third-order valence-corrected chi connectivity index (χ3v) is 4.10. The maximum Gasteiger partial charge on any atom is 0.319 e. The zero-order valence-electron chi connectivity index (χ0n) is 14.0. The quantitative estimate of drug-likeness (QED) is 0.645. The molecule has 3 aromatic rings. The van der Waals surface area contributed by atoms with Crippen molar-refractivity contribution >= 4 is 22.8 Å². The summed E-state index contributed by atoms with van der Waals surface area (Å²) >= 11 is 0. The molecule has 0 aliphatic carbocycles. The third-order valence-electron chi connectivity index (χ3n) is 4.10. The lowest BCUT2D eigenvalue weighted by Crippen LogP contribution is -2.37. The average Bonchev–Trinajstić information content (AvgIpc) is 3.04. The summed E-state index contributed by atoms with van der Waals surface area (Å²) in [6.45, 7) is 4.13. The number of carbonyl (C=O) groups excluding carboxylic acids is 1. The summed E-state index contributed by atoms with van der Waals surface area (Å²) in [6.07, 6.45) is 1.84. The van der Waals surface area contributed by atoms with E-state index in [1.807, 2.05) is 48.5 Å². The van der Waals surface area contributed by atoms with Gasteiger partial charge in [-0.15, -0.1) is 0 Å². The summed E-state index contributed by atoms with van der Waals surface area (Å²) in [5.74, 6) is 0.792. The molecule has 0 bridgehead atoms. The van der Waals surface area contributed by atoms with Gasteiger partial charge in [-0.3, -0.25) is 0 Å². The summed E-state index contributed by atoms with van der Waals surface area (Å²) < 4.78 is 0. The van der Waals surface area contributed by atoms with Crippen molar-refractivity contribution in [1.82, 2.24) is 15.3 Å². The van der Waals surface area contributed by atoms with E-state index in [0.717, 1.165) is 41.0 Å². The van der Waals surface area contributed by atoms with Gasteiger partial charge >= 0.3 is 6.03 Å². The van der Waals surface area contributed by atoms with E-state index in [1.165, 1.54) is 0 Å². The molecule has 1 aromatic heterocycles. The van der Waals surface area contributed by atoms with Gasteiger partial charge in [-0.1, -0.05) is 38.1 Å². The highest BCUT2D eigenvalue weighted by molar-refractivity contribution is 5.90. The Morgan fingerprint density at radius 3 is 2.67 bits per heavy atom. The van der Waals surface area contributed by atoms with E-state index in [4.69, 9.17) is 0 Å². The molecule has 2 aromatic carbocycles. The molecule has 0 atom stereocenters. The predicted octanol–water partition coefficient (Wildman–Crippen LogP) is 4.54. The van der Waals surface area contributed by atoms with Gasteiger partial charge in [0, 0.05) is 17.3 Å². The Labute approximate surface area is 141 Å². The van der Waals surface area contributed by atoms with Crippen LogP contribution in [-0.4, -0.2) is 22.0 Å². The van der Waals surface area contributed by atoms with Crippen LogP contribution in [0, 0.1) is 0 Å². The first-order valence-electron chi connectivity index (χ1n) is 8.32. The molecule has 0 unspecified atom stereocenters. The first-order chi connectivity index (χ1) is 11.7. The molecule has 3 N–H and O–H groups in total. The van der Waals surface area contributed by atoms with Crippen LogP contribution in [0.15, 0.2) is 48.5 Å². The Balaban J connectivity index is 1.77. The maximum absolute atomic E-state index is 12.1. The number of para-hydroxylation sites is 2. The minimum Gasteiger partial charge on any atom is -0.338 e. The Morgan fingerprint density at radius 2 is 1.92 bits per heavy atom. The average molecular weight is 322 g/mol. The van der Waals surface area contributed by atoms with Gasteiger partial charge in [-0.05, 0) is 37.1 Å². The Kier molecular flexibility index (Phi) is 4.79. The number of rotatable bonds is 5. The summed E-state index contributed by atoms with van der Waals surface area (Å²) in [5.41, 5.74) is 3.61. The van der Waals surface area contributed by atoms with Crippen LogP contribution in [-0.2, 0) is 0 Å². The lowest BCUT2D eigenvalue weighted by Gasteiger charge is -2.15. The van der Waals surface area contributed by atoms with Crippen molar-refractivity contribution in [3.05, 3.63) is 48.5 Å². The molecule has 0 fully saturated rings. The Hall–Kier alpha value is -2.82. The van der Waals surface area contributed by atoms with Crippen LogP contribution in [0.1, 0.15) is 26.7 Å². The van der Waals surface area contributed by atoms with E-state index < -0.39 is 0 Å². The molecule has 2 amide bonds. The van der Waals surface area contributed by atoms with E-state index in [-0.39, 0.29) is 12.1 Å². The number of hydrogen-bond acceptors (Lipinski definition) is 2. The summed E-state index contributed by atoms with van der Waals surface area (Å²) in [5, 5.41) is 5.87. The highest BCUT2D eigenvalue weighted by atomic mass is 16.2. The highest BCUT2D eigenvalue weighted by Gasteiger charge is 2.10. The number of H-pyrrole nitrogens is 1. The lowest BCUT2D eigenvalue weighted by molar-refractivity contribution is 0.247. The van der Waals surface area contributed by atoms with E-state index in [1.54, 1.807) is 0 Å². The first-order valence-corrected chi connectivity index (χ1v) is 8.32. The van der Waals surface area contributed by atoms with Crippen LogP contribution in [0.25, 0.3) is 22.4 Å². The van der Waals surface area contributed by atoms with Crippen LogP contribution < -0.4 is 10.6 Å². The van der Waals surface area contributed by atoms with E-state index >= 15 is 0 Å². The largest absolute Gasteiger partial charge is 0.338 e. The monoisotopic (exact) mass is 322 g/mol. The second-order valence-electron chi connectivity index (χ2n) is 5.80. The molecule has 0 saturated carbocycles. The zero-order chi connectivity index (χ0) is 16.9. The summed E-state index contributed by atoms with van der Waals surface area (Å²) in [7, 11) is 0. The molecule has 0 aliphatic heterocycles. The van der Waals surface area contributed by atoms with Crippen molar-refractivity contribution in [1.29, 1.82) is 0 Å². The fourth-order valence-electron chi connectivity index (χ4n) is 2.68. The first kappa shape index (κ1) is 16.1. The molecular formula is C19H22N4O. The van der Waals surface area contributed by atoms with Crippen LogP contribution in [0.5, 0.6) is 0 Å². The number of benzene rings is 2. The van der Waals surface area contributed by atoms with Crippen molar-refractivity contribution in [2.75, 3.05) is 5.32 Å². The van der Waals surface area contributed by atoms with Gasteiger partial charge in [0.05, 0.1) is 11.0 Å². The summed E-state index contributed by atoms with van der Waals surface area (Å²) in [6, 6.07) is 15.6. The Morgan fingerprint density at radius 1 is 1.12 bits per heavy atom. The molecule has 3 rings (SSSR count). The zero-order valence-corrected chi connectivity index (χ0v) is 14.0. The molecule has 0 saturated heterocycles. The van der Waals surface area contributed by atoms with Crippen molar-refractivity contribution in [3.63, 3.8) is 0 Å². The fourth-order valence-corrected chi connectivity index (χ4v) is 2.68. The molecular weight excluding hydrogens is 300 g/mol. The van der Waals surface area contributed by atoms with Gasteiger partial charge in [0.15, 0.2) is 0 Å². The predicted molar refractivity (Wildman–Crippen MR) is 98.1 cm³/mol. The molecule has 1 heterocycles. The third kappa shape index (κ3) is 3.56. The highest BCUT2D eigenvalue weighted by Crippen LogP contribution is 2.23. The van der Waals surface area contributed by atoms with E-state index in [2.05, 4.69) is 34.4 Å². The second kappa shape index (κ2) is 7.17. The number of hydrogen-bond donors (Lipinski definition) is 3. The number of amides is 2. The topological polar surface area (TPSA) is 69.8 Å². The maximum atomic E-state index is 12.1. The van der Waals surface area contributed by atoms with Gasteiger partial charge in [-0.25, -0.2) is 9.78 Å². The molecule has 5 nitrogen and oxygen atoms in total. The molecule has 124 valence electrons. The standard InChI is InChI=1S/C19H22N4O/c1-3-14(4-2)20-19(24)21-15-9-7-8-13(12-15)18-22-16-10-5-6-11-17(16)23-18/h5-12,14H,3-4H2,1-2H3,(H,22,23)(H2,20,21,24). The van der Waals surface area contributed by atoms with Gasteiger partial charge in [0.1, 0.15) is 5.82 Å². The molecule has 0 aliphatic rings. The smallest absolute Gasteiger partial charge is 0.319 e. The van der Waals surface area contributed by atoms with E-state index in [0.29, 0.717) is 0 Å². The number of nitrogens with zero attached hydrogens (tertiary/aromatic N) is 1. The number of urea groups is 1. The van der Waals surface area contributed by atoms with Gasteiger partial charge < -0.3 is 15.6 Å². The van der Waals surface area contributed by atoms with Crippen LogP contribution in [0.3, 0.4) is 0 Å². The Bertz CT molecular complexity index is 803. The van der Waals surface area contributed by atoms with Crippen molar-refractivity contribution < 1.29 is 4.79 Å². The lowest BCUT2D eigenvalue weighted by atomic mass is 10.2. The summed E-state index contributed by atoms with van der Waals surface area (Å²) in [4.78, 5) is 20.0. The molecule has 5 heteroatoms. The van der Waals surface area contributed by atoms with Crippen molar-refractivity contribution in [2.45, 2.75) is 32.7 Å². The number of aromatic amines is 1. The van der Waals surface area contributed by atoms with Crippen molar-refractivity contribution in [2.24, 2.45) is 0 Å². The SMILES string of the molecule is CCC(CC)NC(=O)Nc1cccc(-c2nc3ccccc3[nH]2)c1. The molecule has 0 spiro atoms.